The number of hydrogen-bond acceptors (Lipinski definition) is 3. The zero-order chi connectivity index (χ0) is 13.7. The van der Waals surface area contributed by atoms with Gasteiger partial charge in [-0.15, -0.1) is 0 Å². The molecule has 0 atom stereocenters. The molecule has 0 aromatic carbocycles. The van der Waals surface area contributed by atoms with E-state index in [1.165, 1.54) is 71.1 Å². The first-order chi connectivity index (χ1) is 9.16. The number of nitrogens with one attached hydrogen (secondary N) is 1. The number of hydrogen-bond donors (Lipinski definition) is 1. The van der Waals surface area contributed by atoms with Crippen molar-refractivity contribution >= 4 is 0 Å². The Morgan fingerprint density at radius 3 is 2.26 bits per heavy atom. The lowest BCUT2D eigenvalue weighted by molar-refractivity contribution is 0.0897. The first-order valence-corrected chi connectivity index (χ1v) is 8.29. The second-order valence-electron chi connectivity index (χ2n) is 6.77. The van der Waals surface area contributed by atoms with Crippen LogP contribution in [0.5, 0.6) is 0 Å². The molecule has 0 aromatic heterocycles. The van der Waals surface area contributed by atoms with Crippen LogP contribution in [-0.4, -0.2) is 61.7 Å². The summed E-state index contributed by atoms with van der Waals surface area (Å²) in [5.74, 6) is 0. The van der Waals surface area contributed by atoms with Gasteiger partial charge in [-0.3, -0.25) is 0 Å². The molecule has 0 spiro atoms. The molecule has 0 radical (unpaired) electrons. The van der Waals surface area contributed by atoms with E-state index in [9.17, 15) is 0 Å². The largest absolute Gasteiger partial charge is 0.312 e. The second-order valence-corrected chi connectivity index (χ2v) is 6.77. The fourth-order valence-electron chi connectivity index (χ4n) is 3.78. The Labute approximate surface area is 119 Å². The van der Waals surface area contributed by atoms with Crippen LogP contribution in [0.4, 0.5) is 0 Å². The minimum Gasteiger partial charge on any atom is -0.312 e. The molecule has 0 unspecified atom stereocenters. The second kappa shape index (κ2) is 7.05. The first kappa shape index (κ1) is 15.3. The van der Waals surface area contributed by atoms with Gasteiger partial charge in [-0.05, 0) is 59.4 Å². The standard InChI is InChI=1S/C16H33N3/c1-4-19-12-8-15(9-13-19)17-14-16(18(2)3)10-6-5-7-11-16/h15,17H,4-14H2,1-3H3. The van der Waals surface area contributed by atoms with Crippen LogP contribution in [0, 0.1) is 0 Å². The molecule has 1 aliphatic heterocycles. The molecular weight excluding hydrogens is 234 g/mol. The SMILES string of the molecule is CCN1CCC(NCC2(N(C)C)CCCCC2)CC1. The Hall–Kier alpha value is -0.120. The molecule has 1 heterocycles. The van der Waals surface area contributed by atoms with Gasteiger partial charge in [0.25, 0.3) is 0 Å². The average Bonchev–Trinajstić information content (AvgIpc) is 2.46. The van der Waals surface area contributed by atoms with Gasteiger partial charge in [0, 0.05) is 18.1 Å². The minimum absolute atomic E-state index is 0.431. The molecule has 2 rings (SSSR count). The molecule has 2 aliphatic rings. The molecule has 19 heavy (non-hydrogen) atoms. The van der Waals surface area contributed by atoms with E-state index in [1.807, 2.05) is 0 Å². The van der Waals surface area contributed by atoms with Gasteiger partial charge in [-0.2, -0.15) is 0 Å². The third-order valence-corrected chi connectivity index (χ3v) is 5.49. The summed E-state index contributed by atoms with van der Waals surface area (Å²) < 4.78 is 0. The smallest absolute Gasteiger partial charge is 0.0327 e. The van der Waals surface area contributed by atoms with Crippen molar-refractivity contribution in [3.63, 3.8) is 0 Å². The van der Waals surface area contributed by atoms with E-state index < -0.39 is 0 Å². The zero-order valence-corrected chi connectivity index (χ0v) is 13.2. The summed E-state index contributed by atoms with van der Waals surface area (Å²) >= 11 is 0. The third kappa shape index (κ3) is 3.93. The highest BCUT2D eigenvalue weighted by Gasteiger charge is 2.34. The molecule has 2 fully saturated rings. The number of nitrogens with zero attached hydrogens (tertiary/aromatic N) is 2. The van der Waals surface area contributed by atoms with Crippen LogP contribution in [0.2, 0.25) is 0 Å². The topological polar surface area (TPSA) is 18.5 Å². The van der Waals surface area contributed by atoms with Crippen LogP contribution >= 0.6 is 0 Å². The van der Waals surface area contributed by atoms with Gasteiger partial charge >= 0.3 is 0 Å². The molecular formula is C16H33N3. The predicted octanol–water partition coefficient (Wildman–Crippen LogP) is 2.32. The minimum atomic E-state index is 0.431. The van der Waals surface area contributed by atoms with Crippen molar-refractivity contribution in [1.82, 2.24) is 15.1 Å². The zero-order valence-electron chi connectivity index (χ0n) is 13.2. The van der Waals surface area contributed by atoms with Crippen LogP contribution in [0.15, 0.2) is 0 Å². The van der Waals surface area contributed by atoms with Crippen LogP contribution in [0.1, 0.15) is 51.9 Å². The van der Waals surface area contributed by atoms with Crippen molar-refractivity contribution in [2.45, 2.75) is 63.5 Å². The van der Waals surface area contributed by atoms with Gasteiger partial charge in [0.2, 0.25) is 0 Å². The lowest BCUT2D eigenvalue weighted by Gasteiger charge is -2.44. The number of likely N-dealkylation sites (N-methyl/N-ethyl adjacent to an activating group) is 1. The van der Waals surface area contributed by atoms with Crippen molar-refractivity contribution in [1.29, 1.82) is 0 Å². The van der Waals surface area contributed by atoms with Crippen LogP contribution in [-0.2, 0) is 0 Å². The number of piperidine rings is 1. The fourth-order valence-corrected chi connectivity index (χ4v) is 3.78. The van der Waals surface area contributed by atoms with Crippen LogP contribution in [0.3, 0.4) is 0 Å². The molecule has 3 nitrogen and oxygen atoms in total. The molecule has 1 aliphatic carbocycles. The molecule has 1 saturated heterocycles. The van der Waals surface area contributed by atoms with Gasteiger partial charge in [0.05, 0.1) is 0 Å². The van der Waals surface area contributed by atoms with Crippen molar-refractivity contribution < 1.29 is 0 Å². The maximum atomic E-state index is 3.89. The highest BCUT2D eigenvalue weighted by molar-refractivity contribution is 4.94. The Balaban J connectivity index is 1.79. The third-order valence-electron chi connectivity index (χ3n) is 5.49. The highest BCUT2D eigenvalue weighted by Crippen LogP contribution is 2.31. The van der Waals surface area contributed by atoms with E-state index >= 15 is 0 Å². The summed E-state index contributed by atoms with van der Waals surface area (Å²) in [4.78, 5) is 5.06. The molecule has 0 bridgehead atoms. The van der Waals surface area contributed by atoms with E-state index in [4.69, 9.17) is 0 Å². The van der Waals surface area contributed by atoms with Gasteiger partial charge < -0.3 is 15.1 Å². The van der Waals surface area contributed by atoms with Gasteiger partial charge in [-0.1, -0.05) is 26.2 Å². The maximum absolute atomic E-state index is 3.89. The molecule has 1 N–H and O–H groups in total. The summed E-state index contributed by atoms with van der Waals surface area (Å²) in [6, 6.07) is 0.751. The number of rotatable bonds is 5. The summed E-state index contributed by atoms with van der Waals surface area (Å²) in [6.45, 7) is 7.24. The average molecular weight is 267 g/mol. The van der Waals surface area contributed by atoms with Gasteiger partial charge in [0.1, 0.15) is 0 Å². The molecule has 3 heteroatoms. The summed E-state index contributed by atoms with van der Waals surface area (Å²) in [5, 5.41) is 3.89. The Morgan fingerprint density at radius 1 is 1.11 bits per heavy atom. The van der Waals surface area contributed by atoms with E-state index in [0.717, 1.165) is 6.04 Å². The lowest BCUT2D eigenvalue weighted by atomic mass is 9.80. The summed E-state index contributed by atoms with van der Waals surface area (Å²) in [6.07, 6.45) is 9.67. The maximum Gasteiger partial charge on any atom is 0.0327 e. The Bertz CT molecular complexity index is 251. The predicted molar refractivity (Wildman–Crippen MR) is 82.6 cm³/mol. The molecule has 0 aromatic rings. The van der Waals surface area contributed by atoms with Crippen molar-refractivity contribution in [2.24, 2.45) is 0 Å². The molecule has 0 amide bonds. The van der Waals surface area contributed by atoms with E-state index in [-0.39, 0.29) is 0 Å². The Kier molecular flexibility index (Phi) is 5.67. The van der Waals surface area contributed by atoms with Crippen molar-refractivity contribution in [2.75, 3.05) is 40.3 Å². The van der Waals surface area contributed by atoms with E-state index in [2.05, 4.69) is 36.1 Å². The fraction of sp³-hybridized carbons (Fsp3) is 1.00. The quantitative estimate of drug-likeness (QED) is 0.825. The summed E-state index contributed by atoms with van der Waals surface area (Å²) in [5.41, 5.74) is 0.431. The van der Waals surface area contributed by atoms with Crippen LogP contribution in [0.25, 0.3) is 0 Å². The first-order valence-electron chi connectivity index (χ1n) is 8.29. The lowest BCUT2D eigenvalue weighted by Crippen LogP contribution is -2.55. The van der Waals surface area contributed by atoms with Crippen molar-refractivity contribution in [3.05, 3.63) is 0 Å². The van der Waals surface area contributed by atoms with Gasteiger partial charge in [0.15, 0.2) is 0 Å². The van der Waals surface area contributed by atoms with Crippen molar-refractivity contribution in [3.8, 4) is 0 Å². The van der Waals surface area contributed by atoms with E-state index in [1.54, 1.807) is 0 Å². The highest BCUT2D eigenvalue weighted by atomic mass is 15.2. The molecule has 1 saturated carbocycles. The number of likely N-dealkylation sites (tertiary alicyclic amines) is 1. The van der Waals surface area contributed by atoms with Gasteiger partial charge in [-0.25, -0.2) is 0 Å². The Morgan fingerprint density at radius 2 is 1.74 bits per heavy atom. The molecule has 112 valence electrons. The summed E-state index contributed by atoms with van der Waals surface area (Å²) in [7, 11) is 4.54. The van der Waals surface area contributed by atoms with Crippen LogP contribution < -0.4 is 5.32 Å². The normalized spacial score (nSPS) is 25.9. The van der Waals surface area contributed by atoms with E-state index in [0.29, 0.717) is 5.54 Å². The monoisotopic (exact) mass is 267 g/mol.